The summed E-state index contributed by atoms with van der Waals surface area (Å²) < 4.78 is 4.78. The number of nitrogens with zero attached hydrogens (tertiary/aromatic N) is 2. The number of nitriles is 1. The number of rotatable bonds is 8. The largest absolute Gasteiger partial charge is 0.389 e. The van der Waals surface area contributed by atoms with Crippen LogP contribution in [0.25, 0.3) is 0 Å². The fourth-order valence-electron chi connectivity index (χ4n) is 1.23. The molecular weight excluding hydrogens is 210 g/mol. The normalized spacial score (nSPS) is 12.2. The van der Waals surface area contributed by atoms with Gasteiger partial charge in [-0.3, -0.25) is 9.69 Å². The molecule has 6 heteroatoms. The van der Waals surface area contributed by atoms with E-state index < -0.39 is 6.10 Å². The van der Waals surface area contributed by atoms with Crippen LogP contribution in [0.15, 0.2) is 0 Å². The van der Waals surface area contributed by atoms with Crippen LogP contribution < -0.4 is 5.32 Å². The lowest BCUT2D eigenvalue weighted by Gasteiger charge is -2.19. The highest BCUT2D eigenvalue weighted by Gasteiger charge is 2.10. The number of nitrogens with one attached hydrogen (secondary N) is 1. The minimum Gasteiger partial charge on any atom is -0.389 e. The van der Waals surface area contributed by atoms with Gasteiger partial charge in [0.05, 0.1) is 31.7 Å². The Bertz CT molecular complexity index is 240. The topological polar surface area (TPSA) is 85.6 Å². The summed E-state index contributed by atoms with van der Waals surface area (Å²) in [5.74, 6) is -0.151. The highest BCUT2D eigenvalue weighted by molar-refractivity contribution is 5.77. The van der Waals surface area contributed by atoms with E-state index in [2.05, 4.69) is 5.32 Å². The van der Waals surface area contributed by atoms with Crippen molar-refractivity contribution in [2.45, 2.75) is 12.5 Å². The molecule has 0 spiro atoms. The molecule has 0 aliphatic rings. The Hall–Kier alpha value is -1.16. The van der Waals surface area contributed by atoms with Gasteiger partial charge in [0.25, 0.3) is 0 Å². The lowest BCUT2D eigenvalue weighted by molar-refractivity contribution is -0.122. The summed E-state index contributed by atoms with van der Waals surface area (Å²) in [5.41, 5.74) is 0. The van der Waals surface area contributed by atoms with Crippen molar-refractivity contribution < 1.29 is 14.6 Å². The summed E-state index contributed by atoms with van der Waals surface area (Å²) in [6.45, 7) is 1.19. The van der Waals surface area contributed by atoms with Gasteiger partial charge in [-0.2, -0.15) is 5.26 Å². The van der Waals surface area contributed by atoms with E-state index in [4.69, 9.17) is 10.00 Å². The Morgan fingerprint density at radius 2 is 2.38 bits per heavy atom. The minimum absolute atomic E-state index is 0.151. The molecule has 0 bridgehead atoms. The molecule has 0 aliphatic carbocycles. The maximum atomic E-state index is 11.3. The number of amides is 1. The summed E-state index contributed by atoms with van der Waals surface area (Å²) >= 11 is 0. The molecule has 0 aliphatic heterocycles. The summed E-state index contributed by atoms with van der Waals surface area (Å²) in [5, 5.41) is 20.3. The molecule has 2 N–H and O–H groups in total. The van der Waals surface area contributed by atoms with Crippen molar-refractivity contribution in [2.24, 2.45) is 0 Å². The second kappa shape index (κ2) is 9.09. The molecule has 16 heavy (non-hydrogen) atoms. The molecule has 0 aromatic rings. The van der Waals surface area contributed by atoms with Crippen molar-refractivity contribution in [3.05, 3.63) is 0 Å². The third-order valence-electron chi connectivity index (χ3n) is 1.85. The predicted octanol–water partition coefficient (Wildman–Crippen LogP) is -1.04. The number of carbonyl (C=O) groups is 1. The van der Waals surface area contributed by atoms with E-state index in [1.165, 1.54) is 7.11 Å². The predicted molar refractivity (Wildman–Crippen MR) is 58.6 cm³/mol. The Morgan fingerprint density at radius 1 is 1.69 bits per heavy atom. The first-order valence-electron chi connectivity index (χ1n) is 5.09. The monoisotopic (exact) mass is 229 g/mol. The number of hydrogen-bond acceptors (Lipinski definition) is 5. The number of aliphatic hydroxyl groups excluding tert-OH is 1. The number of carbonyl (C=O) groups excluding carboxylic acids is 1. The van der Waals surface area contributed by atoms with Crippen LogP contribution in [-0.2, 0) is 9.53 Å². The first kappa shape index (κ1) is 14.8. The molecule has 0 rings (SSSR count). The number of ether oxygens (including phenoxy) is 1. The fraction of sp³-hybridized carbons (Fsp3) is 0.800. The molecule has 92 valence electrons. The molecule has 1 amide bonds. The van der Waals surface area contributed by atoms with Crippen LogP contribution in [0, 0.1) is 11.3 Å². The standard InChI is InChI=1S/C10H19N3O3/c1-13(6-9(14)8-16-2)7-10(15)12-5-3-4-11/h9,14H,3,5-8H2,1-2H3,(H,12,15). The molecule has 1 atom stereocenters. The van der Waals surface area contributed by atoms with E-state index in [9.17, 15) is 9.90 Å². The van der Waals surface area contributed by atoms with Crippen molar-refractivity contribution in [3.8, 4) is 6.07 Å². The number of hydrogen-bond donors (Lipinski definition) is 2. The van der Waals surface area contributed by atoms with E-state index in [-0.39, 0.29) is 19.1 Å². The quantitative estimate of drug-likeness (QED) is 0.519. The smallest absolute Gasteiger partial charge is 0.234 e. The van der Waals surface area contributed by atoms with Gasteiger partial charge in [0, 0.05) is 20.2 Å². The molecule has 0 fully saturated rings. The second-order valence-electron chi connectivity index (χ2n) is 3.56. The van der Waals surface area contributed by atoms with Crippen molar-refractivity contribution in [3.63, 3.8) is 0 Å². The summed E-state index contributed by atoms with van der Waals surface area (Å²) in [7, 11) is 3.25. The maximum absolute atomic E-state index is 11.3. The molecule has 0 radical (unpaired) electrons. The Morgan fingerprint density at radius 3 is 2.94 bits per heavy atom. The van der Waals surface area contributed by atoms with Crippen LogP contribution in [0.5, 0.6) is 0 Å². The van der Waals surface area contributed by atoms with E-state index >= 15 is 0 Å². The average molecular weight is 229 g/mol. The Balaban J connectivity index is 3.65. The van der Waals surface area contributed by atoms with Gasteiger partial charge in [-0.05, 0) is 7.05 Å². The van der Waals surface area contributed by atoms with Gasteiger partial charge < -0.3 is 15.2 Å². The van der Waals surface area contributed by atoms with E-state index in [1.54, 1.807) is 11.9 Å². The van der Waals surface area contributed by atoms with Crippen LogP contribution in [0.3, 0.4) is 0 Å². The van der Waals surface area contributed by atoms with Crippen molar-refractivity contribution in [2.75, 3.05) is 40.4 Å². The van der Waals surface area contributed by atoms with Crippen LogP contribution in [-0.4, -0.2) is 62.4 Å². The van der Waals surface area contributed by atoms with Crippen molar-refractivity contribution in [1.29, 1.82) is 5.26 Å². The minimum atomic E-state index is -0.595. The van der Waals surface area contributed by atoms with E-state index in [1.807, 2.05) is 6.07 Å². The zero-order valence-corrected chi connectivity index (χ0v) is 9.77. The summed E-state index contributed by atoms with van der Waals surface area (Å²) in [4.78, 5) is 13.0. The Labute approximate surface area is 95.8 Å². The molecule has 0 aromatic carbocycles. The zero-order chi connectivity index (χ0) is 12.4. The van der Waals surface area contributed by atoms with Crippen LogP contribution in [0.4, 0.5) is 0 Å². The third kappa shape index (κ3) is 8.17. The van der Waals surface area contributed by atoms with Gasteiger partial charge in [-0.15, -0.1) is 0 Å². The average Bonchev–Trinajstić information content (AvgIpc) is 2.17. The van der Waals surface area contributed by atoms with E-state index in [0.29, 0.717) is 19.5 Å². The highest BCUT2D eigenvalue weighted by Crippen LogP contribution is 1.90. The molecular formula is C10H19N3O3. The van der Waals surface area contributed by atoms with Crippen molar-refractivity contribution >= 4 is 5.91 Å². The van der Waals surface area contributed by atoms with Gasteiger partial charge in [-0.25, -0.2) is 0 Å². The lowest BCUT2D eigenvalue weighted by atomic mass is 10.3. The van der Waals surface area contributed by atoms with E-state index in [0.717, 1.165) is 0 Å². The lowest BCUT2D eigenvalue weighted by Crippen LogP contribution is -2.39. The molecule has 0 saturated heterocycles. The molecule has 0 saturated carbocycles. The number of methoxy groups -OCH3 is 1. The fourth-order valence-corrected chi connectivity index (χ4v) is 1.23. The summed E-state index contributed by atoms with van der Waals surface area (Å²) in [6.07, 6.45) is -0.288. The number of aliphatic hydroxyl groups is 1. The Kier molecular flexibility index (Phi) is 8.43. The van der Waals surface area contributed by atoms with Gasteiger partial charge in [-0.1, -0.05) is 0 Å². The molecule has 1 unspecified atom stereocenters. The van der Waals surface area contributed by atoms with Crippen LogP contribution in [0.1, 0.15) is 6.42 Å². The second-order valence-corrected chi connectivity index (χ2v) is 3.56. The van der Waals surface area contributed by atoms with Gasteiger partial charge >= 0.3 is 0 Å². The molecule has 0 aromatic heterocycles. The summed E-state index contributed by atoms with van der Waals surface area (Å²) in [6, 6.07) is 1.94. The first-order valence-corrected chi connectivity index (χ1v) is 5.09. The maximum Gasteiger partial charge on any atom is 0.234 e. The van der Waals surface area contributed by atoms with Gasteiger partial charge in [0.2, 0.25) is 5.91 Å². The molecule has 0 heterocycles. The SMILES string of the molecule is COCC(O)CN(C)CC(=O)NCCC#N. The van der Waals surface area contributed by atoms with Crippen LogP contribution >= 0.6 is 0 Å². The third-order valence-corrected chi connectivity index (χ3v) is 1.85. The van der Waals surface area contributed by atoms with Gasteiger partial charge in [0.15, 0.2) is 0 Å². The molecule has 6 nitrogen and oxygen atoms in total. The zero-order valence-electron chi connectivity index (χ0n) is 9.77. The van der Waals surface area contributed by atoms with Crippen LogP contribution in [0.2, 0.25) is 0 Å². The van der Waals surface area contributed by atoms with Gasteiger partial charge in [0.1, 0.15) is 0 Å². The first-order chi connectivity index (χ1) is 7.60. The number of likely N-dealkylation sites (N-methyl/N-ethyl adjacent to an activating group) is 1. The highest BCUT2D eigenvalue weighted by atomic mass is 16.5. The van der Waals surface area contributed by atoms with Crippen molar-refractivity contribution in [1.82, 2.24) is 10.2 Å².